The molecular formula is C16H24N2O2S. The number of nitrogens with one attached hydrogen (secondary N) is 1. The fourth-order valence-electron chi connectivity index (χ4n) is 3.15. The summed E-state index contributed by atoms with van der Waals surface area (Å²) in [6.07, 6.45) is 1.09. The lowest BCUT2D eigenvalue weighted by Crippen LogP contribution is -2.36. The SMILES string of the molecule is Cc1ccc(C2NC(C(C)C)C(=O)N2CC2CCOC2)s1. The molecule has 2 fully saturated rings. The summed E-state index contributed by atoms with van der Waals surface area (Å²) in [5.41, 5.74) is 0. The average molecular weight is 308 g/mol. The predicted molar refractivity (Wildman–Crippen MR) is 84.2 cm³/mol. The number of amides is 1. The minimum absolute atomic E-state index is 0.0317. The van der Waals surface area contributed by atoms with Crippen molar-refractivity contribution in [2.24, 2.45) is 11.8 Å². The Balaban J connectivity index is 1.82. The highest BCUT2D eigenvalue weighted by Crippen LogP contribution is 2.33. The molecule has 4 nitrogen and oxygen atoms in total. The van der Waals surface area contributed by atoms with Crippen molar-refractivity contribution >= 4 is 17.2 Å². The summed E-state index contributed by atoms with van der Waals surface area (Å²) in [4.78, 5) is 17.3. The number of nitrogens with zero attached hydrogens (tertiary/aromatic N) is 1. The summed E-state index contributed by atoms with van der Waals surface area (Å²) < 4.78 is 5.47. The van der Waals surface area contributed by atoms with E-state index in [0.29, 0.717) is 11.8 Å². The Kier molecular flexibility index (Phi) is 4.33. The second-order valence-electron chi connectivity index (χ2n) is 6.46. The minimum atomic E-state index is -0.0697. The van der Waals surface area contributed by atoms with Crippen LogP contribution in [0.3, 0.4) is 0 Å². The third kappa shape index (κ3) is 3.00. The Morgan fingerprint density at radius 3 is 2.86 bits per heavy atom. The Bertz CT molecular complexity index is 508. The zero-order valence-corrected chi connectivity index (χ0v) is 13.8. The largest absolute Gasteiger partial charge is 0.381 e. The molecule has 3 atom stereocenters. The van der Waals surface area contributed by atoms with Crippen molar-refractivity contribution in [1.29, 1.82) is 0 Å². The lowest BCUT2D eigenvalue weighted by atomic mass is 10.0. The van der Waals surface area contributed by atoms with Crippen LogP contribution in [0.5, 0.6) is 0 Å². The highest BCUT2D eigenvalue weighted by molar-refractivity contribution is 7.12. The summed E-state index contributed by atoms with van der Waals surface area (Å²) >= 11 is 1.77. The van der Waals surface area contributed by atoms with Crippen LogP contribution in [0.15, 0.2) is 12.1 Å². The van der Waals surface area contributed by atoms with Gasteiger partial charge in [0.25, 0.3) is 0 Å². The first kappa shape index (κ1) is 15.0. The fraction of sp³-hybridized carbons (Fsp3) is 0.688. The van der Waals surface area contributed by atoms with Crippen molar-refractivity contribution in [3.05, 3.63) is 21.9 Å². The summed E-state index contributed by atoms with van der Waals surface area (Å²) in [6, 6.07) is 4.21. The van der Waals surface area contributed by atoms with Crippen molar-refractivity contribution in [1.82, 2.24) is 10.2 Å². The third-order valence-electron chi connectivity index (χ3n) is 4.37. The molecule has 21 heavy (non-hydrogen) atoms. The molecule has 2 aliphatic heterocycles. The standard InChI is InChI=1S/C16H24N2O2S/c1-10(2)14-16(19)18(8-12-6-7-20-9-12)15(17-14)13-5-4-11(3)21-13/h4-5,10,12,14-15,17H,6-9H2,1-3H3. The lowest BCUT2D eigenvalue weighted by molar-refractivity contribution is -0.131. The van der Waals surface area contributed by atoms with Gasteiger partial charge in [0.05, 0.1) is 12.6 Å². The molecule has 2 aliphatic rings. The van der Waals surface area contributed by atoms with Crippen LogP contribution in [0.4, 0.5) is 0 Å². The molecule has 3 unspecified atom stereocenters. The molecule has 5 heteroatoms. The molecule has 0 spiro atoms. The molecule has 2 saturated heterocycles. The predicted octanol–water partition coefficient (Wildman–Crippen LogP) is 2.55. The first-order valence-corrected chi connectivity index (χ1v) is 8.58. The number of aryl methyl sites for hydroxylation is 1. The maximum Gasteiger partial charge on any atom is 0.241 e. The molecule has 3 heterocycles. The van der Waals surface area contributed by atoms with E-state index in [1.165, 1.54) is 9.75 Å². The number of hydrogen-bond donors (Lipinski definition) is 1. The smallest absolute Gasteiger partial charge is 0.241 e. The fourth-order valence-corrected chi connectivity index (χ4v) is 4.10. The van der Waals surface area contributed by atoms with Gasteiger partial charge in [0.2, 0.25) is 5.91 Å². The van der Waals surface area contributed by atoms with Crippen LogP contribution in [0, 0.1) is 18.8 Å². The minimum Gasteiger partial charge on any atom is -0.381 e. The molecular weight excluding hydrogens is 284 g/mol. The Hall–Kier alpha value is -0.910. The topological polar surface area (TPSA) is 41.6 Å². The van der Waals surface area contributed by atoms with Crippen molar-refractivity contribution in [2.45, 2.75) is 39.4 Å². The molecule has 1 N–H and O–H groups in total. The van der Waals surface area contributed by atoms with E-state index in [4.69, 9.17) is 4.74 Å². The van der Waals surface area contributed by atoms with E-state index in [0.717, 1.165) is 26.2 Å². The van der Waals surface area contributed by atoms with E-state index in [-0.39, 0.29) is 18.1 Å². The molecule has 116 valence electrons. The number of carbonyl (C=O) groups excluding carboxylic acids is 1. The van der Waals surface area contributed by atoms with Gasteiger partial charge in [0, 0.05) is 28.8 Å². The zero-order valence-electron chi connectivity index (χ0n) is 13.0. The van der Waals surface area contributed by atoms with E-state index >= 15 is 0 Å². The van der Waals surface area contributed by atoms with Gasteiger partial charge >= 0.3 is 0 Å². The quantitative estimate of drug-likeness (QED) is 0.929. The van der Waals surface area contributed by atoms with Gasteiger partial charge in [-0.15, -0.1) is 11.3 Å². The second kappa shape index (κ2) is 6.07. The van der Waals surface area contributed by atoms with E-state index in [1.54, 1.807) is 11.3 Å². The van der Waals surface area contributed by atoms with Crippen LogP contribution in [0.2, 0.25) is 0 Å². The van der Waals surface area contributed by atoms with Gasteiger partial charge in [0.1, 0.15) is 6.17 Å². The molecule has 0 aliphatic carbocycles. The zero-order chi connectivity index (χ0) is 15.0. The molecule has 0 aromatic carbocycles. The van der Waals surface area contributed by atoms with E-state index in [9.17, 15) is 4.79 Å². The number of ether oxygens (including phenoxy) is 1. The van der Waals surface area contributed by atoms with Gasteiger partial charge in [-0.25, -0.2) is 0 Å². The average Bonchev–Trinajstić information content (AvgIpc) is 3.13. The molecule has 1 aromatic heterocycles. The van der Waals surface area contributed by atoms with Crippen molar-refractivity contribution in [2.75, 3.05) is 19.8 Å². The molecule has 0 bridgehead atoms. The lowest BCUT2D eigenvalue weighted by Gasteiger charge is -2.25. The summed E-state index contributed by atoms with van der Waals surface area (Å²) in [7, 11) is 0. The van der Waals surface area contributed by atoms with Crippen LogP contribution < -0.4 is 5.32 Å². The molecule has 0 saturated carbocycles. The maximum atomic E-state index is 12.8. The molecule has 3 rings (SSSR count). The van der Waals surface area contributed by atoms with Gasteiger partial charge < -0.3 is 9.64 Å². The van der Waals surface area contributed by atoms with Crippen LogP contribution in [0.1, 0.15) is 36.2 Å². The molecule has 1 amide bonds. The van der Waals surface area contributed by atoms with Gasteiger partial charge in [-0.1, -0.05) is 13.8 Å². The summed E-state index contributed by atoms with van der Waals surface area (Å²) in [5, 5.41) is 3.54. The normalized spacial score (nSPS) is 29.8. The van der Waals surface area contributed by atoms with Gasteiger partial charge in [-0.3, -0.25) is 10.1 Å². The number of hydrogen-bond acceptors (Lipinski definition) is 4. The van der Waals surface area contributed by atoms with E-state index in [2.05, 4.69) is 38.2 Å². The van der Waals surface area contributed by atoms with Crippen LogP contribution >= 0.6 is 11.3 Å². The highest BCUT2D eigenvalue weighted by atomic mass is 32.1. The van der Waals surface area contributed by atoms with E-state index < -0.39 is 0 Å². The first-order valence-electron chi connectivity index (χ1n) is 7.77. The van der Waals surface area contributed by atoms with Gasteiger partial charge in [-0.05, 0) is 31.4 Å². The monoisotopic (exact) mass is 308 g/mol. The third-order valence-corrected chi connectivity index (χ3v) is 5.43. The summed E-state index contributed by atoms with van der Waals surface area (Å²) in [5.74, 6) is 1.03. The molecule has 1 aromatic rings. The van der Waals surface area contributed by atoms with Crippen molar-refractivity contribution in [3.8, 4) is 0 Å². The number of thiophene rings is 1. The van der Waals surface area contributed by atoms with Gasteiger partial charge in [0.15, 0.2) is 0 Å². The van der Waals surface area contributed by atoms with Gasteiger partial charge in [-0.2, -0.15) is 0 Å². The van der Waals surface area contributed by atoms with Crippen LogP contribution in [-0.4, -0.2) is 36.6 Å². The number of carbonyl (C=O) groups is 1. The second-order valence-corrected chi connectivity index (χ2v) is 7.78. The number of rotatable bonds is 4. The van der Waals surface area contributed by atoms with E-state index in [1.807, 2.05) is 4.90 Å². The first-order chi connectivity index (χ1) is 10.1. The van der Waals surface area contributed by atoms with Crippen LogP contribution in [-0.2, 0) is 9.53 Å². The molecule has 0 radical (unpaired) electrons. The Morgan fingerprint density at radius 2 is 2.29 bits per heavy atom. The highest BCUT2D eigenvalue weighted by Gasteiger charge is 2.42. The summed E-state index contributed by atoms with van der Waals surface area (Å²) in [6.45, 7) is 8.74. The Labute approximate surface area is 130 Å². The van der Waals surface area contributed by atoms with Crippen LogP contribution in [0.25, 0.3) is 0 Å². The van der Waals surface area contributed by atoms with Crippen molar-refractivity contribution < 1.29 is 9.53 Å². The van der Waals surface area contributed by atoms with Crippen molar-refractivity contribution in [3.63, 3.8) is 0 Å². The Morgan fingerprint density at radius 1 is 1.48 bits per heavy atom. The maximum absolute atomic E-state index is 12.8.